The largest absolute Gasteiger partial charge is 0.505 e. The van der Waals surface area contributed by atoms with Crippen molar-refractivity contribution in [2.75, 3.05) is 0 Å². The van der Waals surface area contributed by atoms with Crippen LogP contribution < -0.4 is 10.9 Å². The third-order valence-electron chi connectivity index (χ3n) is 4.14. The van der Waals surface area contributed by atoms with Crippen LogP contribution in [0.25, 0.3) is 5.69 Å². The van der Waals surface area contributed by atoms with Gasteiger partial charge in [0.1, 0.15) is 0 Å². The van der Waals surface area contributed by atoms with E-state index in [1.807, 2.05) is 0 Å². The van der Waals surface area contributed by atoms with E-state index in [1.165, 1.54) is 6.42 Å². The summed E-state index contributed by atoms with van der Waals surface area (Å²) in [5.41, 5.74) is -0.109. The lowest BCUT2D eigenvalue weighted by Gasteiger charge is -2.22. The van der Waals surface area contributed by atoms with E-state index in [1.54, 1.807) is 24.3 Å². The second-order valence-electron chi connectivity index (χ2n) is 5.91. The fourth-order valence-electron chi connectivity index (χ4n) is 2.88. The van der Waals surface area contributed by atoms with Crippen LogP contribution in [-0.4, -0.2) is 26.8 Å². The molecule has 0 atom stereocenters. The predicted molar refractivity (Wildman–Crippen MR) is 93.5 cm³/mol. The average Bonchev–Trinajstić information content (AvgIpc) is 2.57. The summed E-state index contributed by atoms with van der Waals surface area (Å²) in [4.78, 5) is 24.5. The molecule has 0 saturated heterocycles. The van der Waals surface area contributed by atoms with Gasteiger partial charge in [0.25, 0.3) is 11.5 Å². The third kappa shape index (κ3) is 3.67. The minimum atomic E-state index is -0.496. The molecule has 1 aromatic heterocycles. The van der Waals surface area contributed by atoms with Gasteiger partial charge in [-0.2, -0.15) is 9.78 Å². The highest BCUT2D eigenvalue weighted by molar-refractivity contribution is 9.10. The first-order valence-electron chi connectivity index (χ1n) is 7.95. The number of carbonyl (C=O) groups is 1. The van der Waals surface area contributed by atoms with Gasteiger partial charge in [-0.1, -0.05) is 35.2 Å². The number of nitrogens with zero attached hydrogens (tertiary/aromatic N) is 2. The second kappa shape index (κ2) is 7.17. The van der Waals surface area contributed by atoms with Crippen molar-refractivity contribution in [1.82, 2.24) is 15.1 Å². The summed E-state index contributed by atoms with van der Waals surface area (Å²) < 4.78 is 1.98. The number of carbonyl (C=O) groups excluding carboxylic acids is 1. The van der Waals surface area contributed by atoms with Crippen molar-refractivity contribution >= 4 is 21.8 Å². The predicted octanol–water partition coefficient (Wildman–Crippen LogP) is 2.76. The molecule has 1 saturated carbocycles. The summed E-state index contributed by atoms with van der Waals surface area (Å²) in [5, 5.41) is 16.9. The number of benzene rings is 1. The summed E-state index contributed by atoms with van der Waals surface area (Å²) in [6.07, 6.45) is 5.22. The topological polar surface area (TPSA) is 84.2 Å². The van der Waals surface area contributed by atoms with Crippen LogP contribution in [0, 0.1) is 0 Å². The van der Waals surface area contributed by atoms with Gasteiger partial charge in [0, 0.05) is 16.6 Å². The summed E-state index contributed by atoms with van der Waals surface area (Å²) in [6, 6.07) is 8.08. The van der Waals surface area contributed by atoms with Gasteiger partial charge in [-0.3, -0.25) is 9.59 Å². The van der Waals surface area contributed by atoms with Crippen LogP contribution in [0.1, 0.15) is 42.6 Å². The Balaban J connectivity index is 1.90. The van der Waals surface area contributed by atoms with E-state index in [4.69, 9.17) is 0 Å². The zero-order valence-corrected chi connectivity index (χ0v) is 14.6. The molecule has 126 valence electrons. The Labute approximate surface area is 147 Å². The molecule has 1 aliphatic carbocycles. The van der Waals surface area contributed by atoms with Crippen LogP contribution in [0.3, 0.4) is 0 Å². The molecule has 1 amide bonds. The first-order chi connectivity index (χ1) is 11.5. The van der Waals surface area contributed by atoms with E-state index in [9.17, 15) is 14.7 Å². The molecule has 1 aliphatic rings. The van der Waals surface area contributed by atoms with Crippen LogP contribution in [-0.2, 0) is 0 Å². The Morgan fingerprint density at radius 2 is 1.88 bits per heavy atom. The molecule has 0 radical (unpaired) electrons. The molecule has 1 heterocycles. The summed E-state index contributed by atoms with van der Waals surface area (Å²) in [7, 11) is 0. The zero-order chi connectivity index (χ0) is 17.1. The summed E-state index contributed by atoms with van der Waals surface area (Å²) >= 11 is 3.33. The molecule has 0 unspecified atom stereocenters. The van der Waals surface area contributed by atoms with Crippen LogP contribution in [0.4, 0.5) is 0 Å². The first-order valence-corrected chi connectivity index (χ1v) is 8.74. The van der Waals surface area contributed by atoms with Gasteiger partial charge in [0.2, 0.25) is 0 Å². The SMILES string of the molecule is O=C(NC1CCCCC1)c1nn(-c2ccc(Br)cc2)c(=O)cc1O. The summed E-state index contributed by atoms with van der Waals surface area (Å²) in [6.45, 7) is 0. The Kier molecular flexibility index (Phi) is 4.99. The number of hydrogen-bond acceptors (Lipinski definition) is 4. The van der Waals surface area contributed by atoms with Crippen LogP contribution >= 0.6 is 15.9 Å². The molecular formula is C17H18BrN3O3. The number of hydrogen-bond donors (Lipinski definition) is 2. The molecule has 3 rings (SSSR count). The molecule has 0 spiro atoms. The van der Waals surface area contributed by atoms with E-state index in [2.05, 4.69) is 26.3 Å². The van der Waals surface area contributed by atoms with E-state index in [-0.39, 0.29) is 11.7 Å². The number of rotatable bonds is 3. The number of aromatic hydroxyl groups is 1. The smallest absolute Gasteiger partial charge is 0.275 e. The standard InChI is InChI=1S/C17H18BrN3O3/c18-11-6-8-13(9-7-11)21-15(23)10-14(22)16(20-21)17(24)19-12-4-2-1-3-5-12/h6-10,12,22H,1-5H2,(H,19,24). The molecular weight excluding hydrogens is 374 g/mol. The first kappa shape index (κ1) is 16.7. The highest BCUT2D eigenvalue weighted by Crippen LogP contribution is 2.19. The number of aromatic nitrogens is 2. The van der Waals surface area contributed by atoms with E-state index in [0.717, 1.165) is 40.9 Å². The quantitative estimate of drug-likeness (QED) is 0.842. The van der Waals surface area contributed by atoms with E-state index < -0.39 is 17.2 Å². The lowest BCUT2D eigenvalue weighted by atomic mass is 9.95. The van der Waals surface area contributed by atoms with Crippen molar-refractivity contribution in [2.24, 2.45) is 0 Å². The lowest BCUT2D eigenvalue weighted by Crippen LogP contribution is -2.37. The lowest BCUT2D eigenvalue weighted by molar-refractivity contribution is 0.0917. The van der Waals surface area contributed by atoms with Gasteiger partial charge in [-0.15, -0.1) is 0 Å². The number of amides is 1. The van der Waals surface area contributed by atoms with Crippen molar-refractivity contribution < 1.29 is 9.90 Å². The molecule has 2 aromatic rings. The summed E-state index contributed by atoms with van der Waals surface area (Å²) in [5.74, 6) is -0.855. The highest BCUT2D eigenvalue weighted by Gasteiger charge is 2.21. The molecule has 1 aromatic carbocycles. The van der Waals surface area contributed by atoms with E-state index in [0.29, 0.717) is 5.69 Å². The molecule has 24 heavy (non-hydrogen) atoms. The van der Waals surface area contributed by atoms with Gasteiger partial charge in [0.05, 0.1) is 5.69 Å². The maximum atomic E-state index is 12.4. The van der Waals surface area contributed by atoms with Crippen molar-refractivity contribution in [2.45, 2.75) is 38.1 Å². The van der Waals surface area contributed by atoms with Crippen LogP contribution in [0.2, 0.25) is 0 Å². The highest BCUT2D eigenvalue weighted by atomic mass is 79.9. The maximum Gasteiger partial charge on any atom is 0.275 e. The maximum absolute atomic E-state index is 12.4. The van der Waals surface area contributed by atoms with Crippen LogP contribution in [0.5, 0.6) is 5.75 Å². The average molecular weight is 392 g/mol. The fraction of sp³-hybridized carbons (Fsp3) is 0.353. The number of nitrogens with one attached hydrogen (secondary N) is 1. The molecule has 1 fully saturated rings. The Bertz CT molecular complexity index is 796. The molecule has 2 N–H and O–H groups in total. The van der Waals surface area contributed by atoms with Gasteiger partial charge in [-0.05, 0) is 37.1 Å². The second-order valence-corrected chi connectivity index (χ2v) is 6.83. The van der Waals surface area contributed by atoms with Gasteiger partial charge >= 0.3 is 0 Å². The Hall–Kier alpha value is -2.15. The molecule has 0 aliphatic heterocycles. The Morgan fingerprint density at radius 3 is 2.54 bits per heavy atom. The molecule has 0 bridgehead atoms. The Morgan fingerprint density at radius 1 is 1.21 bits per heavy atom. The van der Waals surface area contributed by atoms with Crippen LogP contribution in [0.15, 0.2) is 39.6 Å². The number of halogens is 1. The monoisotopic (exact) mass is 391 g/mol. The zero-order valence-electron chi connectivity index (χ0n) is 13.0. The molecule has 6 nitrogen and oxygen atoms in total. The molecule has 7 heteroatoms. The van der Waals surface area contributed by atoms with Gasteiger partial charge < -0.3 is 10.4 Å². The fourth-order valence-corrected chi connectivity index (χ4v) is 3.14. The van der Waals surface area contributed by atoms with Gasteiger partial charge in [-0.25, -0.2) is 0 Å². The van der Waals surface area contributed by atoms with E-state index >= 15 is 0 Å². The van der Waals surface area contributed by atoms with Crippen molar-refractivity contribution in [1.29, 1.82) is 0 Å². The third-order valence-corrected chi connectivity index (χ3v) is 4.67. The normalized spacial score (nSPS) is 15.2. The van der Waals surface area contributed by atoms with Crippen molar-refractivity contribution in [3.05, 3.63) is 50.9 Å². The van der Waals surface area contributed by atoms with Gasteiger partial charge in [0.15, 0.2) is 11.4 Å². The minimum Gasteiger partial charge on any atom is -0.505 e. The minimum absolute atomic E-state index is 0.0977. The van der Waals surface area contributed by atoms with Crippen molar-refractivity contribution in [3.8, 4) is 11.4 Å². The van der Waals surface area contributed by atoms with Crippen molar-refractivity contribution in [3.63, 3.8) is 0 Å².